The van der Waals surface area contributed by atoms with E-state index in [1.807, 2.05) is 98.2 Å². The molecular formula is C22H55NO6Si5. The lowest BCUT2D eigenvalue weighted by molar-refractivity contribution is -0.193. The van der Waals surface area contributed by atoms with Gasteiger partial charge in [0.25, 0.3) is 0 Å². The van der Waals surface area contributed by atoms with E-state index in [9.17, 15) is 25.5 Å². The zero-order valence-electron chi connectivity index (χ0n) is 24.8. The Balaban J connectivity index is 8.56. The Hall–Kier alpha value is 0.354. The summed E-state index contributed by atoms with van der Waals surface area (Å²) in [6, 6.07) is 0. The quantitative estimate of drug-likeness (QED) is 0.148. The molecule has 4 atom stereocenters. The second-order valence-electron chi connectivity index (χ2n) is 15.0. The molecule has 0 unspecified atom stereocenters. The highest BCUT2D eigenvalue weighted by atomic mass is 28.3. The molecular weight excluding hydrogens is 515 g/mol. The van der Waals surface area contributed by atoms with Crippen molar-refractivity contribution < 1.29 is 30.4 Å². The number of oxime groups is 1. The van der Waals surface area contributed by atoms with Crippen LogP contribution in [0.25, 0.3) is 0 Å². The average Bonchev–Trinajstić information content (AvgIpc) is 2.58. The molecule has 5 N–H and O–H groups in total. The third kappa shape index (κ3) is 4.81. The van der Waals surface area contributed by atoms with Crippen LogP contribution >= 0.6 is 0 Å². The van der Waals surface area contributed by atoms with Crippen LogP contribution in [0.4, 0.5) is 0 Å². The molecule has 0 saturated carbocycles. The van der Waals surface area contributed by atoms with E-state index in [1.54, 1.807) is 0 Å². The first-order valence-electron chi connectivity index (χ1n) is 12.1. The molecule has 0 aromatic heterocycles. The minimum atomic E-state index is -3.01. The minimum absolute atomic E-state index is 0.388. The Morgan fingerprint density at radius 1 is 0.618 bits per heavy atom. The second kappa shape index (κ2) is 9.59. The predicted molar refractivity (Wildman–Crippen MR) is 158 cm³/mol. The molecule has 0 aliphatic rings. The molecule has 0 amide bonds. The van der Waals surface area contributed by atoms with Crippen molar-refractivity contribution in [2.45, 2.75) is 119 Å². The van der Waals surface area contributed by atoms with Crippen LogP contribution < -0.4 is 0 Å². The Labute approximate surface area is 213 Å². The normalized spacial score (nSPS) is 22.3. The Morgan fingerprint density at radius 3 is 1.15 bits per heavy atom. The van der Waals surface area contributed by atoms with Gasteiger partial charge in [-0.2, -0.15) is 0 Å². The maximum Gasteiger partial charge on any atom is 0.118 e. The number of hydrogen-bond donors (Lipinski definition) is 5. The first kappa shape index (κ1) is 34.4. The summed E-state index contributed by atoms with van der Waals surface area (Å²) < 4.78 is 0. The SMILES string of the molecule is CON=C([C@](O)([C@@](O)([C@](O)([C@](O)(CO)[Si](C)(C)C)[Si](C)(C)C)[Si](C)(C)C)[Si](C)(C)C)[Si](C)(C)C. The minimum Gasteiger partial charge on any atom is -0.399 e. The van der Waals surface area contributed by atoms with E-state index in [4.69, 9.17) is 4.84 Å². The molecule has 0 bridgehead atoms. The molecule has 34 heavy (non-hydrogen) atoms. The summed E-state index contributed by atoms with van der Waals surface area (Å²) in [4.78, 5) is 5.27. The lowest BCUT2D eigenvalue weighted by atomic mass is 9.99. The van der Waals surface area contributed by atoms with Gasteiger partial charge in [0, 0.05) is 0 Å². The molecule has 0 saturated heterocycles. The van der Waals surface area contributed by atoms with Crippen molar-refractivity contribution in [3.8, 4) is 0 Å². The molecule has 0 aromatic carbocycles. The highest BCUT2D eigenvalue weighted by Crippen LogP contribution is 2.55. The number of rotatable bonds is 11. The Kier molecular flexibility index (Phi) is 9.69. The molecule has 12 heteroatoms. The topological polar surface area (TPSA) is 123 Å². The number of nitrogens with zero attached hydrogens (tertiary/aromatic N) is 1. The van der Waals surface area contributed by atoms with Crippen LogP contribution in [0.5, 0.6) is 0 Å². The van der Waals surface area contributed by atoms with E-state index < -0.39 is 67.9 Å². The molecule has 0 rings (SSSR count). The van der Waals surface area contributed by atoms with Crippen LogP contribution in [0.1, 0.15) is 0 Å². The monoisotopic (exact) mass is 569 g/mol. The van der Waals surface area contributed by atoms with Crippen LogP contribution in [0, 0.1) is 0 Å². The van der Waals surface area contributed by atoms with Gasteiger partial charge in [0.2, 0.25) is 0 Å². The molecule has 0 radical (unpaired) electrons. The van der Waals surface area contributed by atoms with Gasteiger partial charge in [-0.3, -0.25) is 0 Å². The molecule has 0 aliphatic carbocycles. The number of aliphatic hydroxyl groups excluding tert-OH is 1. The second-order valence-corrected chi connectivity index (χ2v) is 41.0. The highest BCUT2D eigenvalue weighted by Gasteiger charge is 2.81. The molecule has 0 fully saturated rings. The van der Waals surface area contributed by atoms with Gasteiger partial charge in [-0.25, -0.2) is 0 Å². The Morgan fingerprint density at radius 2 is 0.971 bits per heavy atom. The van der Waals surface area contributed by atoms with Crippen LogP contribution in [-0.4, -0.2) is 106 Å². The summed E-state index contributed by atoms with van der Waals surface area (Å²) in [7, 11) is -12.7. The van der Waals surface area contributed by atoms with Crippen LogP contribution in [-0.2, 0) is 4.84 Å². The third-order valence-corrected chi connectivity index (χ3v) is 22.1. The summed E-state index contributed by atoms with van der Waals surface area (Å²) in [5.74, 6) is 0. The first-order chi connectivity index (χ1) is 14.5. The summed E-state index contributed by atoms with van der Waals surface area (Å²) in [6.45, 7) is 28.4. The predicted octanol–water partition coefficient (Wildman–Crippen LogP) is 3.29. The van der Waals surface area contributed by atoms with Crippen molar-refractivity contribution in [1.82, 2.24) is 0 Å². The first-order valence-corrected chi connectivity index (χ1v) is 29.6. The number of hydrogen-bond acceptors (Lipinski definition) is 7. The van der Waals surface area contributed by atoms with Crippen LogP contribution in [0.15, 0.2) is 5.16 Å². The molecule has 0 aromatic rings. The fourth-order valence-electron chi connectivity index (χ4n) is 5.61. The van der Waals surface area contributed by atoms with Gasteiger partial charge in [0.1, 0.15) is 36.1 Å². The van der Waals surface area contributed by atoms with E-state index in [0.29, 0.717) is 5.33 Å². The largest absolute Gasteiger partial charge is 0.399 e. The lowest BCUT2D eigenvalue weighted by Crippen LogP contribution is -2.96. The van der Waals surface area contributed by atoms with E-state index in [2.05, 4.69) is 5.16 Å². The van der Waals surface area contributed by atoms with Crippen molar-refractivity contribution in [3.05, 3.63) is 0 Å². The van der Waals surface area contributed by atoms with Crippen molar-refractivity contribution >= 4 is 45.7 Å². The van der Waals surface area contributed by atoms with Gasteiger partial charge in [0.15, 0.2) is 0 Å². The fraction of sp³-hybridized carbons (Fsp3) is 0.955. The van der Waals surface area contributed by atoms with Gasteiger partial charge in [0.05, 0.1) is 44.2 Å². The third-order valence-electron chi connectivity index (χ3n) is 7.61. The molecule has 204 valence electrons. The van der Waals surface area contributed by atoms with Crippen LogP contribution in [0.3, 0.4) is 0 Å². The summed E-state index contributed by atoms with van der Waals surface area (Å²) >= 11 is 0. The highest BCUT2D eigenvalue weighted by molar-refractivity contribution is 7.10. The maximum absolute atomic E-state index is 13.3. The number of aliphatic hydroxyl groups is 5. The summed E-state index contributed by atoms with van der Waals surface area (Å²) in [6.07, 6.45) is 0. The van der Waals surface area contributed by atoms with Crippen LogP contribution in [0.2, 0.25) is 98.2 Å². The van der Waals surface area contributed by atoms with Gasteiger partial charge in [-0.15, -0.1) is 0 Å². The molecule has 0 aliphatic heterocycles. The van der Waals surface area contributed by atoms with Gasteiger partial charge < -0.3 is 30.4 Å². The van der Waals surface area contributed by atoms with Gasteiger partial charge in [-0.05, 0) is 0 Å². The van der Waals surface area contributed by atoms with Crippen molar-refractivity contribution in [2.24, 2.45) is 5.16 Å². The molecule has 7 nitrogen and oxygen atoms in total. The summed E-state index contributed by atoms with van der Waals surface area (Å²) in [5.41, 5.74) is 0. The average molecular weight is 570 g/mol. The molecule has 0 heterocycles. The standard InChI is InChI=1S/C22H55NO6Si5/c1-29-23-18(30(2,3)4)20(26,32(8,9)10)22(28,34(14,15)16)21(27,33(11,12)13)19(25,17-24)31(5,6)7/h24-28H,17H2,1-16H3/t19-,20+,21-,22-/m0/s1. The lowest BCUT2D eigenvalue weighted by Gasteiger charge is -2.70. The van der Waals surface area contributed by atoms with E-state index in [-0.39, 0.29) is 0 Å². The van der Waals surface area contributed by atoms with Crippen molar-refractivity contribution in [2.75, 3.05) is 13.7 Å². The zero-order valence-corrected chi connectivity index (χ0v) is 29.8. The summed E-state index contributed by atoms with van der Waals surface area (Å²) in [5, 5.41) is 59.2. The zero-order chi connectivity index (χ0) is 28.2. The van der Waals surface area contributed by atoms with Crippen molar-refractivity contribution in [1.29, 1.82) is 0 Å². The maximum atomic E-state index is 13.3. The Bertz CT molecular complexity index is 762. The van der Waals surface area contributed by atoms with Gasteiger partial charge >= 0.3 is 0 Å². The smallest absolute Gasteiger partial charge is 0.118 e. The molecule has 0 spiro atoms. The van der Waals surface area contributed by atoms with Crippen molar-refractivity contribution in [3.63, 3.8) is 0 Å². The van der Waals surface area contributed by atoms with E-state index >= 15 is 0 Å². The van der Waals surface area contributed by atoms with Gasteiger partial charge in [-0.1, -0.05) is 103 Å². The van der Waals surface area contributed by atoms with E-state index in [1.165, 1.54) is 7.11 Å². The fourth-order valence-corrected chi connectivity index (χ4v) is 25.5. The van der Waals surface area contributed by atoms with E-state index in [0.717, 1.165) is 0 Å².